The lowest BCUT2D eigenvalue weighted by atomic mass is 10.1. The van der Waals surface area contributed by atoms with Gasteiger partial charge in [-0.15, -0.1) is 11.3 Å². The molecule has 6 heteroatoms. The first-order chi connectivity index (χ1) is 15.2. The van der Waals surface area contributed by atoms with E-state index in [1.165, 1.54) is 35.1 Å². The third kappa shape index (κ3) is 3.89. The number of carbonyl (C=O) groups excluding carboxylic acids is 1. The van der Waals surface area contributed by atoms with Crippen molar-refractivity contribution in [1.82, 2.24) is 4.98 Å². The molecular weight excluding hydrogens is 408 g/mol. The highest BCUT2D eigenvalue weighted by atomic mass is 32.1. The fraction of sp³-hybridized carbons (Fsp3) is 0. The van der Waals surface area contributed by atoms with E-state index in [4.69, 9.17) is 4.42 Å². The minimum absolute atomic E-state index is 0.182. The maximum atomic E-state index is 12.5. The quantitative estimate of drug-likeness (QED) is 0.375. The molecule has 0 unspecified atom stereocenters. The number of hydrogen-bond donors (Lipinski definition) is 1. The summed E-state index contributed by atoms with van der Waals surface area (Å²) in [5.74, 6) is -0.369. The third-order valence-corrected chi connectivity index (χ3v) is 5.66. The van der Waals surface area contributed by atoms with Crippen molar-refractivity contribution in [3.63, 3.8) is 0 Å². The van der Waals surface area contributed by atoms with Crippen LogP contribution in [0.3, 0.4) is 0 Å². The molecule has 0 aliphatic carbocycles. The summed E-state index contributed by atoms with van der Waals surface area (Å²) < 4.78 is 5.46. The minimum atomic E-state index is -0.369. The zero-order chi connectivity index (χ0) is 21.2. The Hall–Kier alpha value is -4.03. The summed E-state index contributed by atoms with van der Waals surface area (Å²) in [6.45, 7) is 0. The Kier molecular flexibility index (Phi) is 4.90. The van der Waals surface area contributed by atoms with Gasteiger partial charge in [-0.05, 0) is 35.0 Å². The molecule has 2 heterocycles. The Morgan fingerprint density at radius 1 is 1.00 bits per heavy atom. The second-order valence-electron chi connectivity index (χ2n) is 6.94. The van der Waals surface area contributed by atoms with Gasteiger partial charge in [0, 0.05) is 17.0 Å². The van der Waals surface area contributed by atoms with Gasteiger partial charge in [0.15, 0.2) is 10.6 Å². The number of carbonyl (C=O) groups is 1. The number of fused-ring (bicyclic) bond motifs is 2. The normalized spacial score (nSPS) is 11.4. The van der Waals surface area contributed by atoms with Gasteiger partial charge in [0.1, 0.15) is 11.8 Å². The fourth-order valence-corrected chi connectivity index (χ4v) is 4.06. The molecule has 0 saturated heterocycles. The molecule has 5 rings (SSSR count). The number of benzene rings is 3. The molecule has 0 spiro atoms. The zero-order valence-corrected chi connectivity index (χ0v) is 17.1. The summed E-state index contributed by atoms with van der Waals surface area (Å²) in [4.78, 5) is 29.3. The summed E-state index contributed by atoms with van der Waals surface area (Å²) in [6.07, 6.45) is 4.11. The molecule has 5 nitrogen and oxygen atoms in total. The van der Waals surface area contributed by atoms with Gasteiger partial charge in [-0.25, -0.2) is 4.98 Å². The Balaban J connectivity index is 1.32. The molecule has 31 heavy (non-hydrogen) atoms. The highest BCUT2D eigenvalue weighted by Gasteiger charge is 2.08. The number of rotatable bonds is 4. The molecule has 0 aliphatic heterocycles. The minimum Gasteiger partial charge on any atom is -0.463 e. The van der Waals surface area contributed by atoms with Gasteiger partial charge < -0.3 is 4.42 Å². The lowest BCUT2D eigenvalue weighted by Gasteiger charge is -2.01. The van der Waals surface area contributed by atoms with Crippen molar-refractivity contribution in [2.24, 2.45) is 0 Å². The third-order valence-electron chi connectivity index (χ3n) is 4.90. The molecule has 3 aromatic carbocycles. The van der Waals surface area contributed by atoms with Crippen LogP contribution in [-0.4, -0.2) is 10.9 Å². The van der Waals surface area contributed by atoms with Crippen LogP contribution in [0.15, 0.2) is 93.7 Å². The van der Waals surface area contributed by atoms with E-state index in [9.17, 15) is 9.59 Å². The Morgan fingerprint density at radius 2 is 1.81 bits per heavy atom. The van der Waals surface area contributed by atoms with Crippen LogP contribution in [0.5, 0.6) is 0 Å². The molecule has 5 aromatic rings. The van der Waals surface area contributed by atoms with Crippen LogP contribution < -0.4 is 10.7 Å². The Morgan fingerprint density at radius 3 is 2.71 bits per heavy atom. The smallest absolute Gasteiger partial charge is 0.250 e. The highest BCUT2D eigenvalue weighted by molar-refractivity contribution is 7.14. The van der Waals surface area contributed by atoms with Crippen LogP contribution in [0, 0.1) is 0 Å². The van der Waals surface area contributed by atoms with Crippen LogP contribution in [-0.2, 0) is 4.79 Å². The lowest BCUT2D eigenvalue weighted by molar-refractivity contribution is -0.111. The SMILES string of the molecule is O=C(/C=C/c1coc2ccccc2c1=O)Nc1nc(-c2ccc3ccccc3c2)cs1. The predicted molar refractivity (Wildman–Crippen MR) is 125 cm³/mol. The molecule has 1 amide bonds. The molecule has 0 saturated carbocycles. The molecule has 1 N–H and O–H groups in total. The fourth-order valence-electron chi connectivity index (χ4n) is 3.33. The van der Waals surface area contributed by atoms with Gasteiger partial charge in [0.2, 0.25) is 5.91 Å². The Bertz CT molecular complexity index is 1510. The van der Waals surface area contributed by atoms with Crippen molar-refractivity contribution < 1.29 is 9.21 Å². The van der Waals surface area contributed by atoms with Gasteiger partial charge in [-0.3, -0.25) is 14.9 Å². The molecule has 2 aromatic heterocycles. The first-order valence-electron chi connectivity index (χ1n) is 9.62. The van der Waals surface area contributed by atoms with Gasteiger partial charge in [-0.1, -0.05) is 48.5 Å². The number of aromatic nitrogens is 1. The van der Waals surface area contributed by atoms with E-state index in [1.807, 2.05) is 23.6 Å². The zero-order valence-electron chi connectivity index (χ0n) is 16.2. The lowest BCUT2D eigenvalue weighted by Crippen LogP contribution is -2.09. The monoisotopic (exact) mass is 424 g/mol. The van der Waals surface area contributed by atoms with E-state index in [2.05, 4.69) is 34.6 Å². The van der Waals surface area contributed by atoms with Gasteiger partial charge in [-0.2, -0.15) is 0 Å². The molecular formula is C25H16N2O3S. The second-order valence-corrected chi connectivity index (χ2v) is 7.80. The molecule has 0 fully saturated rings. The Labute approximate surface area is 181 Å². The summed E-state index contributed by atoms with van der Waals surface area (Å²) in [5.41, 5.74) is 2.42. The van der Waals surface area contributed by atoms with E-state index in [-0.39, 0.29) is 11.3 Å². The van der Waals surface area contributed by atoms with Crippen molar-refractivity contribution in [2.45, 2.75) is 0 Å². The first kappa shape index (κ1) is 19.0. The molecule has 150 valence electrons. The topological polar surface area (TPSA) is 72.2 Å². The number of para-hydroxylation sites is 1. The number of anilines is 1. The highest BCUT2D eigenvalue weighted by Crippen LogP contribution is 2.27. The number of nitrogens with zero attached hydrogens (tertiary/aromatic N) is 1. The maximum Gasteiger partial charge on any atom is 0.250 e. The van der Waals surface area contributed by atoms with Gasteiger partial charge >= 0.3 is 0 Å². The van der Waals surface area contributed by atoms with Crippen molar-refractivity contribution in [1.29, 1.82) is 0 Å². The van der Waals surface area contributed by atoms with Crippen molar-refractivity contribution >= 4 is 50.2 Å². The van der Waals surface area contributed by atoms with E-state index in [0.29, 0.717) is 21.7 Å². The average Bonchev–Trinajstić information content (AvgIpc) is 3.27. The summed E-state index contributed by atoms with van der Waals surface area (Å²) in [6, 6.07) is 21.3. The summed E-state index contributed by atoms with van der Waals surface area (Å²) >= 11 is 1.35. The van der Waals surface area contributed by atoms with Crippen molar-refractivity contribution in [3.05, 3.63) is 100 Å². The predicted octanol–water partition coefficient (Wildman–Crippen LogP) is 5.72. The number of thiazole rings is 1. The molecule has 0 bridgehead atoms. The van der Waals surface area contributed by atoms with Crippen LogP contribution in [0.2, 0.25) is 0 Å². The second kappa shape index (κ2) is 8.01. The van der Waals surface area contributed by atoms with E-state index >= 15 is 0 Å². The standard InChI is InChI=1S/C25H16N2O3S/c28-23(12-11-19-14-30-22-8-4-3-7-20(22)24(19)29)27-25-26-21(15-31-25)18-10-9-16-5-1-2-6-17(16)13-18/h1-15H,(H,26,27,28)/b12-11+. The van der Waals surface area contributed by atoms with Crippen LogP contribution in [0.25, 0.3) is 39.1 Å². The van der Waals surface area contributed by atoms with E-state index in [0.717, 1.165) is 16.6 Å². The van der Waals surface area contributed by atoms with Crippen LogP contribution in [0.4, 0.5) is 5.13 Å². The summed E-state index contributed by atoms with van der Waals surface area (Å²) in [7, 11) is 0. The van der Waals surface area contributed by atoms with E-state index in [1.54, 1.807) is 24.3 Å². The maximum absolute atomic E-state index is 12.5. The van der Waals surface area contributed by atoms with Crippen LogP contribution >= 0.6 is 11.3 Å². The van der Waals surface area contributed by atoms with Gasteiger partial charge in [0.25, 0.3) is 0 Å². The molecule has 0 radical (unpaired) electrons. The average molecular weight is 424 g/mol. The molecule has 0 atom stereocenters. The van der Waals surface area contributed by atoms with Crippen molar-refractivity contribution in [3.8, 4) is 11.3 Å². The van der Waals surface area contributed by atoms with Crippen LogP contribution in [0.1, 0.15) is 5.56 Å². The number of amides is 1. The van der Waals surface area contributed by atoms with Gasteiger partial charge in [0.05, 0.1) is 16.6 Å². The molecule has 0 aliphatic rings. The van der Waals surface area contributed by atoms with Crippen molar-refractivity contribution in [2.75, 3.05) is 5.32 Å². The number of hydrogen-bond acceptors (Lipinski definition) is 5. The number of nitrogens with one attached hydrogen (secondary N) is 1. The largest absolute Gasteiger partial charge is 0.463 e. The van der Waals surface area contributed by atoms with E-state index < -0.39 is 0 Å². The summed E-state index contributed by atoms with van der Waals surface area (Å²) in [5, 5.41) is 7.92. The first-order valence-corrected chi connectivity index (χ1v) is 10.5.